The first kappa shape index (κ1) is 79.3. The van der Waals surface area contributed by atoms with Gasteiger partial charge in [-0.2, -0.15) is 0 Å². The normalized spacial score (nSPS) is 16.1. The molecule has 1 aromatic carbocycles. The summed E-state index contributed by atoms with van der Waals surface area (Å²) in [6.07, 6.45) is 14.2. The number of esters is 2. The van der Waals surface area contributed by atoms with Crippen LogP contribution in [0, 0.1) is 23.6 Å². The molecule has 0 radical (unpaired) electrons. The van der Waals surface area contributed by atoms with Gasteiger partial charge in [-0.1, -0.05) is 139 Å². The summed E-state index contributed by atoms with van der Waals surface area (Å²) in [5.41, 5.74) is 5.47. The van der Waals surface area contributed by atoms with Gasteiger partial charge in [0.05, 0.1) is 18.8 Å². The molecule has 0 spiro atoms. The van der Waals surface area contributed by atoms with Gasteiger partial charge in [-0.3, -0.25) is 43.9 Å². The fourth-order valence-electron chi connectivity index (χ4n) is 10.5. The van der Waals surface area contributed by atoms with E-state index in [0.29, 0.717) is 48.4 Å². The number of carbonyl (C=O) groups excluding carboxylic acids is 8. The average Bonchev–Trinajstić information content (AvgIpc) is 2.58. The number of aliphatic hydroxyl groups excluding tert-OH is 1. The molecule has 5 amide bonds. The van der Waals surface area contributed by atoms with Crippen LogP contribution in [0.3, 0.4) is 0 Å². The lowest BCUT2D eigenvalue weighted by atomic mass is 9.92. The lowest BCUT2D eigenvalue weighted by Crippen LogP contribution is -2.58. The van der Waals surface area contributed by atoms with Gasteiger partial charge in [-0.25, -0.2) is 19.6 Å². The van der Waals surface area contributed by atoms with E-state index in [1.165, 1.54) is 51.8 Å². The number of nitrogens with zero attached hydrogens (tertiary/aromatic N) is 3. The highest BCUT2D eigenvalue weighted by molar-refractivity contribution is 8.76. The van der Waals surface area contributed by atoms with Crippen molar-refractivity contribution < 1.29 is 71.5 Å². The number of nitrogens with one attached hydrogen (secondary N) is 4. The quantitative estimate of drug-likeness (QED) is 0.0103. The van der Waals surface area contributed by atoms with Crippen LogP contribution in [0.4, 0.5) is 9.18 Å². The monoisotopic (exact) mass is 1320 g/mol. The highest BCUT2D eigenvalue weighted by atomic mass is 33.1. The zero-order chi connectivity index (χ0) is 66.4. The van der Waals surface area contributed by atoms with E-state index in [9.17, 15) is 47.9 Å². The molecule has 0 saturated carbocycles. The number of halogens is 1. The molecule has 9 atom stereocenters. The van der Waals surface area contributed by atoms with E-state index in [4.69, 9.17) is 23.7 Å². The zero-order valence-corrected chi connectivity index (χ0v) is 57.6. The topological polar surface area (TPSA) is 270 Å². The van der Waals surface area contributed by atoms with Gasteiger partial charge in [-0.15, -0.1) is 11.3 Å². The predicted octanol–water partition coefficient (Wildman–Crippen LogP) is 10.6. The molecule has 3 rings (SSSR count). The maximum absolute atomic E-state index is 14.4. The Bertz CT molecular complexity index is 2440. The number of piperidine rings is 1. The number of Topliss-reactive ketones (excluding diaryl/α,β-unsaturated/α-hetero) is 1. The second kappa shape index (κ2) is 45.4. The summed E-state index contributed by atoms with van der Waals surface area (Å²) in [5, 5.41) is 17.3. The molecule has 5 N–H and O–H groups in total. The first-order valence-corrected chi connectivity index (χ1v) is 35.9. The Labute approximate surface area is 546 Å². The number of aliphatic hydroxyl groups is 1. The third-order valence-electron chi connectivity index (χ3n) is 16.3. The van der Waals surface area contributed by atoms with E-state index in [2.05, 4.69) is 26.5 Å². The number of amides is 5. The number of benzene rings is 1. The van der Waals surface area contributed by atoms with Crippen LogP contribution in [0.1, 0.15) is 210 Å². The van der Waals surface area contributed by atoms with Crippen LogP contribution in [-0.4, -0.2) is 163 Å². The Morgan fingerprint density at radius 1 is 0.822 bits per heavy atom. The average molecular weight is 1320 g/mol. The summed E-state index contributed by atoms with van der Waals surface area (Å²) in [7, 11) is 8.41. The van der Waals surface area contributed by atoms with E-state index in [1.807, 2.05) is 46.6 Å². The summed E-state index contributed by atoms with van der Waals surface area (Å²) >= 11 is 1.13. The van der Waals surface area contributed by atoms with Crippen molar-refractivity contribution in [3.8, 4) is 0 Å². The maximum atomic E-state index is 14.4. The highest BCUT2D eigenvalue weighted by Gasteiger charge is 2.38. The third-order valence-corrected chi connectivity index (χ3v) is 19.7. The molecular formula is C65H106FN7O14S3. The van der Waals surface area contributed by atoms with Gasteiger partial charge in [0, 0.05) is 81.7 Å². The van der Waals surface area contributed by atoms with Gasteiger partial charge in [0.1, 0.15) is 41.6 Å². The lowest BCUT2D eigenvalue weighted by molar-refractivity contribution is -0.194. The number of rotatable bonds is 46. The molecule has 1 aliphatic rings. The van der Waals surface area contributed by atoms with Crippen LogP contribution < -0.4 is 21.5 Å². The summed E-state index contributed by atoms with van der Waals surface area (Å²) < 4.78 is 41.0. The Morgan fingerprint density at radius 2 is 1.48 bits per heavy atom. The molecule has 25 heteroatoms. The number of ketones is 1. The minimum absolute atomic E-state index is 0.0441. The molecule has 0 bridgehead atoms. The Morgan fingerprint density at radius 3 is 2.10 bits per heavy atom. The van der Waals surface area contributed by atoms with Crippen molar-refractivity contribution >= 4 is 80.4 Å². The van der Waals surface area contributed by atoms with Crippen LogP contribution in [0.2, 0.25) is 0 Å². The number of methoxy groups -OCH3 is 1. The van der Waals surface area contributed by atoms with Crippen molar-refractivity contribution in [2.24, 2.45) is 17.8 Å². The number of unbranched alkanes of at least 4 members (excludes halogenated alkanes) is 9. The first-order valence-electron chi connectivity index (χ1n) is 32.5. The van der Waals surface area contributed by atoms with Gasteiger partial charge in [0.25, 0.3) is 5.91 Å². The highest BCUT2D eigenvalue weighted by Crippen LogP contribution is 2.32. The van der Waals surface area contributed by atoms with E-state index < -0.39 is 72.1 Å². The number of aromatic nitrogens is 1. The second-order valence-electron chi connectivity index (χ2n) is 23.9. The van der Waals surface area contributed by atoms with Crippen molar-refractivity contribution in [2.75, 3.05) is 59.1 Å². The number of hydrazine groups is 1. The lowest BCUT2D eigenvalue weighted by Gasteiger charge is -2.38. The molecule has 90 heavy (non-hydrogen) atoms. The molecule has 1 aromatic heterocycles. The van der Waals surface area contributed by atoms with Crippen LogP contribution in [-0.2, 0) is 58.9 Å². The fourth-order valence-corrected chi connectivity index (χ4v) is 13.4. The molecule has 3 unspecified atom stereocenters. The molecule has 2 aromatic rings. The fraction of sp³-hybridized carbons (Fsp3) is 0.738. The molecule has 1 fully saturated rings. The summed E-state index contributed by atoms with van der Waals surface area (Å²) in [6.45, 7) is 13.4. The molecule has 510 valence electrons. The van der Waals surface area contributed by atoms with Crippen LogP contribution in [0.15, 0.2) is 29.6 Å². The van der Waals surface area contributed by atoms with E-state index in [-0.39, 0.29) is 92.8 Å². The number of carbonyl (C=O) groups is 8. The first-order chi connectivity index (χ1) is 43.1. The van der Waals surface area contributed by atoms with Crippen LogP contribution >= 0.6 is 32.9 Å². The number of ether oxygens (including phenoxy) is 5. The van der Waals surface area contributed by atoms with E-state index in [1.54, 1.807) is 58.0 Å². The van der Waals surface area contributed by atoms with Gasteiger partial charge in [-0.05, 0) is 94.5 Å². The SMILES string of the molecule is CCC(CO)OC(COC(=O)CCCC(=O)CCCCCCCCCCCCSSCCOC(=O)NNC(=O)[C@@H](C)C[C@H](Cc1ccc(F)cc1)NC(=O)c1csc([C@@H](C[C@H](C(C)C)N(C)C(=O)C(NC(=O)[C@H]2CCCCN2C)[C@@H](C)CC)OC(C)=O)n1)OC. The Kier molecular flexibility index (Phi) is 40.0. The number of hydrogen-bond donors (Lipinski definition) is 5. The van der Waals surface area contributed by atoms with Gasteiger partial charge in [0.15, 0.2) is 12.4 Å². The maximum Gasteiger partial charge on any atom is 0.426 e. The van der Waals surface area contributed by atoms with Gasteiger partial charge >= 0.3 is 18.0 Å². The third kappa shape index (κ3) is 31.6. The van der Waals surface area contributed by atoms with E-state index >= 15 is 0 Å². The van der Waals surface area contributed by atoms with E-state index in [0.717, 1.165) is 81.4 Å². The standard InChI is InChI=1S/C65H106FN7O14S3/c1-11-45(5)59(69-62(80)54-28-22-23-34-72(54)8)64(81)73(9)55(44(3)4)40-56(86-47(7)75)63-68-53(43-88-63)61(79)67-50(39-48-30-32-49(66)33-31-48)38-46(6)60(78)70-71-65(82)84-35-37-90-89-36-24-20-18-16-14-13-15-17-19-21-26-51(76)27-25-29-57(77)85-42-58(83-10)87-52(12-2)41-74/h30-33,43-46,50,52,54-56,58-59,74H,11-29,34-42H2,1-10H3,(H,67,79)(H,69,80)(H,70,78)(H,71,82)/t45-,46-,50+,52?,54+,55+,56+,58?,59?/m0/s1. The smallest absolute Gasteiger partial charge is 0.426 e. The minimum Gasteiger partial charge on any atom is -0.460 e. The molecule has 1 aliphatic heterocycles. The van der Waals surface area contributed by atoms with Crippen LogP contribution in [0.25, 0.3) is 0 Å². The minimum atomic E-state index is -0.922. The number of likely N-dealkylation sites (N-methyl/N-ethyl adjacent to an activating group) is 2. The zero-order valence-electron chi connectivity index (χ0n) is 55.2. The second-order valence-corrected chi connectivity index (χ2v) is 27.5. The largest absolute Gasteiger partial charge is 0.460 e. The number of hydrogen-bond acceptors (Lipinski definition) is 19. The summed E-state index contributed by atoms with van der Waals surface area (Å²) in [5.74, 6) is -2.18. The van der Waals surface area contributed by atoms with Crippen molar-refractivity contribution in [1.82, 2.24) is 36.3 Å². The Balaban J connectivity index is 1.36. The van der Waals surface area contributed by atoms with Crippen molar-refractivity contribution in [3.63, 3.8) is 0 Å². The van der Waals surface area contributed by atoms with Crippen LogP contribution in [0.5, 0.6) is 0 Å². The summed E-state index contributed by atoms with van der Waals surface area (Å²) in [6, 6.07) is 3.62. The van der Waals surface area contributed by atoms with Crippen molar-refractivity contribution in [1.29, 1.82) is 0 Å². The van der Waals surface area contributed by atoms with Crippen molar-refractivity contribution in [3.05, 3.63) is 51.7 Å². The van der Waals surface area contributed by atoms with Gasteiger partial charge < -0.3 is 44.3 Å². The van der Waals surface area contributed by atoms with Gasteiger partial charge in [0.2, 0.25) is 17.7 Å². The molecule has 2 heterocycles. The molecule has 0 aliphatic carbocycles. The summed E-state index contributed by atoms with van der Waals surface area (Å²) in [4.78, 5) is 113. The predicted molar refractivity (Wildman–Crippen MR) is 351 cm³/mol. The molecular weight excluding hydrogens is 1220 g/mol. The molecule has 1 saturated heterocycles. The Hall–Kier alpha value is -4.92. The molecule has 21 nitrogen and oxygen atoms in total. The van der Waals surface area contributed by atoms with Crippen molar-refractivity contribution in [2.45, 2.75) is 232 Å². The number of thiazole rings is 1. The number of likely N-dealkylation sites (tertiary alicyclic amines) is 1.